The van der Waals surface area contributed by atoms with Crippen molar-refractivity contribution in [2.24, 2.45) is 0 Å². The van der Waals surface area contributed by atoms with Crippen LogP contribution in [-0.4, -0.2) is 46.5 Å². The van der Waals surface area contributed by atoms with Crippen molar-refractivity contribution in [3.8, 4) is 0 Å². The molecule has 164 valence electrons. The summed E-state index contributed by atoms with van der Waals surface area (Å²) in [5, 5.41) is 30.6. The largest absolute Gasteiger partial charge is 0.490 e. The highest BCUT2D eigenvalue weighted by Crippen LogP contribution is 2.67. The minimum absolute atomic E-state index is 0.246. The van der Waals surface area contributed by atoms with E-state index in [-0.39, 0.29) is 19.3 Å². The van der Waals surface area contributed by atoms with Crippen molar-refractivity contribution in [3.05, 3.63) is 0 Å². The lowest BCUT2D eigenvalue weighted by Gasteiger charge is -2.39. The molecule has 0 aromatic rings. The van der Waals surface area contributed by atoms with Crippen molar-refractivity contribution in [1.29, 1.82) is 0 Å². The number of phosphoric acid groups is 3. The van der Waals surface area contributed by atoms with Crippen LogP contribution in [0.25, 0.3) is 0 Å². The average molecular weight is 460 g/mol. The SMILES string of the molecule is CCCCCC(O)(CCCC)C(O)(O)OP(=O)(O)OP(=O)(O)OP(=O)(O)O. The second kappa shape index (κ2) is 10.4. The van der Waals surface area contributed by atoms with Crippen LogP contribution in [0.5, 0.6) is 0 Å². The zero-order valence-corrected chi connectivity index (χ0v) is 17.6. The maximum Gasteiger partial charge on any atom is 0.490 e. The number of aliphatic hydroxyl groups is 3. The Balaban J connectivity index is 5.40. The molecule has 0 saturated heterocycles. The molecule has 0 fully saturated rings. The van der Waals surface area contributed by atoms with Crippen LogP contribution >= 0.6 is 23.5 Å². The summed E-state index contributed by atoms with van der Waals surface area (Å²) in [6.07, 6.45) is 1.94. The monoisotopic (exact) mass is 460 g/mol. The lowest BCUT2D eigenvalue weighted by molar-refractivity contribution is -0.382. The topological polar surface area (TPSA) is 221 Å². The molecule has 0 heterocycles. The molecule has 16 heteroatoms. The fourth-order valence-corrected chi connectivity index (χ4v) is 5.26. The lowest BCUT2D eigenvalue weighted by atomic mass is 9.88. The highest BCUT2D eigenvalue weighted by atomic mass is 31.3. The standard InChI is InChI=1S/C11H27O13P3/c1-3-5-7-9-10(12,8-6-4-2)11(13,14)22-26(18,19)24-27(20,21)23-25(15,16)17/h12-14H,3-9H2,1-2H3,(H,18,19)(H,20,21)(H2,15,16,17). The van der Waals surface area contributed by atoms with Gasteiger partial charge in [0.15, 0.2) is 0 Å². The van der Waals surface area contributed by atoms with Crippen molar-refractivity contribution < 1.29 is 61.7 Å². The smallest absolute Gasteiger partial charge is 0.381 e. The van der Waals surface area contributed by atoms with Gasteiger partial charge in [0, 0.05) is 0 Å². The summed E-state index contributed by atoms with van der Waals surface area (Å²) in [4.78, 5) is 35.4. The van der Waals surface area contributed by atoms with Crippen LogP contribution in [0.2, 0.25) is 0 Å². The number of hydrogen-bond acceptors (Lipinski definition) is 9. The molecular formula is C11H27O13P3. The Morgan fingerprint density at radius 2 is 1.22 bits per heavy atom. The van der Waals surface area contributed by atoms with E-state index >= 15 is 0 Å². The van der Waals surface area contributed by atoms with Crippen LogP contribution in [0.4, 0.5) is 0 Å². The van der Waals surface area contributed by atoms with Gasteiger partial charge in [0.2, 0.25) is 0 Å². The first-order valence-corrected chi connectivity index (χ1v) is 12.5. The summed E-state index contributed by atoms with van der Waals surface area (Å²) in [5.41, 5.74) is -2.43. The molecule has 0 aliphatic carbocycles. The molecule has 0 saturated carbocycles. The average Bonchev–Trinajstić information content (AvgIpc) is 2.39. The Hall–Kier alpha value is 0.290. The molecule has 27 heavy (non-hydrogen) atoms. The van der Waals surface area contributed by atoms with Gasteiger partial charge in [-0.2, -0.15) is 8.62 Å². The first kappa shape index (κ1) is 27.3. The second-order valence-electron chi connectivity index (χ2n) is 5.88. The summed E-state index contributed by atoms with van der Waals surface area (Å²) >= 11 is 0. The van der Waals surface area contributed by atoms with E-state index < -0.39 is 35.0 Å². The van der Waals surface area contributed by atoms with Crippen molar-refractivity contribution >= 4 is 23.5 Å². The van der Waals surface area contributed by atoms with E-state index in [4.69, 9.17) is 14.7 Å². The van der Waals surface area contributed by atoms with E-state index in [1.165, 1.54) is 0 Å². The van der Waals surface area contributed by atoms with Crippen LogP contribution in [-0.2, 0) is 26.8 Å². The van der Waals surface area contributed by atoms with Gasteiger partial charge in [-0.15, -0.1) is 0 Å². The van der Waals surface area contributed by atoms with Crippen LogP contribution in [0.1, 0.15) is 58.8 Å². The first-order chi connectivity index (χ1) is 12.0. The van der Waals surface area contributed by atoms with Gasteiger partial charge in [-0.25, -0.2) is 18.2 Å². The third-order valence-corrected chi connectivity index (χ3v) is 7.22. The molecule has 13 nitrogen and oxygen atoms in total. The number of hydrogen-bond donors (Lipinski definition) is 7. The van der Waals surface area contributed by atoms with Crippen molar-refractivity contribution in [3.63, 3.8) is 0 Å². The van der Waals surface area contributed by atoms with Crippen LogP contribution in [0, 0.1) is 0 Å². The summed E-state index contributed by atoms with van der Waals surface area (Å²) in [7, 11) is -17.2. The number of rotatable bonds is 14. The minimum Gasteiger partial charge on any atom is -0.381 e. The van der Waals surface area contributed by atoms with E-state index in [9.17, 15) is 33.9 Å². The number of phosphoric ester groups is 1. The molecular weight excluding hydrogens is 433 g/mol. The van der Waals surface area contributed by atoms with Crippen molar-refractivity contribution in [1.82, 2.24) is 0 Å². The maximum absolute atomic E-state index is 11.8. The highest BCUT2D eigenvalue weighted by Gasteiger charge is 2.55. The maximum atomic E-state index is 11.8. The van der Waals surface area contributed by atoms with Crippen LogP contribution < -0.4 is 0 Å². The first-order valence-electron chi connectivity index (χ1n) is 8.01. The quantitative estimate of drug-likeness (QED) is 0.111. The van der Waals surface area contributed by atoms with Gasteiger partial charge >= 0.3 is 29.4 Å². The van der Waals surface area contributed by atoms with E-state index in [0.717, 1.165) is 6.42 Å². The minimum atomic E-state index is -5.83. The van der Waals surface area contributed by atoms with Gasteiger partial charge in [-0.05, 0) is 12.8 Å². The third kappa shape index (κ3) is 10.6. The zero-order chi connectivity index (χ0) is 21.6. The van der Waals surface area contributed by atoms with Gasteiger partial charge in [-0.1, -0.05) is 46.0 Å². The Bertz CT molecular complexity index is 602. The normalized spacial score (nSPS) is 19.9. The molecule has 3 atom stereocenters. The molecule has 0 radical (unpaired) electrons. The second-order valence-corrected chi connectivity index (χ2v) is 10.2. The molecule has 0 aliphatic rings. The van der Waals surface area contributed by atoms with Crippen LogP contribution in [0.15, 0.2) is 0 Å². The van der Waals surface area contributed by atoms with Gasteiger partial charge in [-0.3, -0.25) is 0 Å². The van der Waals surface area contributed by atoms with Crippen molar-refractivity contribution in [2.75, 3.05) is 0 Å². The fraction of sp³-hybridized carbons (Fsp3) is 1.00. The van der Waals surface area contributed by atoms with Gasteiger partial charge in [0.1, 0.15) is 5.60 Å². The molecule has 0 rings (SSSR count). The summed E-state index contributed by atoms with van der Waals surface area (Å²) in [5.74, 6) is -3.68. The molecule has 0 aromatic heterocycles. The Morgan fingerprint density at radius 1 is 0.741 bits per heavy atom. The Morgan fingerprint density at radius 3 is 1.67 bits per heavy atom. The van der Waals surface area contributed by atoms with E-state index in [0.29, 0.717) is 19.3 Å². The summed E-state index contributed by atoms with van der Waals surface area (Å²) in [6.45, 7) is 3.59. The van der Waals surface area contributed by atoms with E-state index in [1.807, 2.05) is 6.92 Å². The highest BCUT2D eigenvalue weighted by molar-refractivity contribution is 7.66. The molecule has 0 amide bonds. The zero-order valence-electron chi connectivity index (χ0n) is 14.9. The molecule has 0 bridgehead atoms. The predicted octanol–water partition coefficient (Wildman–Crippen LogP) is 1.47. The Kier molecular flexibility index (Phi) is 10.5. The Labute approximate surface area is 156 Å². The third-order valence-electron chi connectivity index (χ3n) is 3.40. The van der Waals surface area contributed by atoms with E-state index in [1.54, 1.807) is 6.92 Å². The summed E-state index contributed by atoms with van der Waals surface area (Å²) in [6, 6.07) is 0. The molecule has 0 aromatic carbocycles. The molecule has 3 unspecified atom stereocenters. The molecule has 0 spiro atoms. The van der Waals surface area contributed by atoms with Gasteiger partial charge < -0.3 is 34.9 Å². The summed E-state index contributed by atoms with van der Waals surface area (Å²) < 4.78 is 44.7. The fourth-order valence-electron chi connectivity index (χ4n) is 2.13. The predicted molar refractivity (Wildman–Crippen MR) is 90.7 cm³/mol. The van der Waals surface area contributed by atoms with Gasteiger partial charge in [0.25, 0.3) is 0 Å². The van der Waals surface area contributed by atoms with Crippen LogP contribution in [0.3, 0.4) is 0 Å². The molecule has 7 N–H and O–H groups in total. The van der Waals surface area contributed by atoms with Crippen molar-refractivity contribution in [2.45, 2.75) is 70.4 Å². The lowest BCUT2D eigenvalue weighted by Crippen LogP contribution is -2.55. The number of unbranched alkanes of at least 4 members (excludes halogenated alkanes) is 3. The van der Waals surface area contributed by atoms with Gasteiger partial charge in [0.05, 0.1) is 0 Å². The molecule has 0 aliphatic heterocycles. The van der Waals surface area contributed by atoms with E-state index in [2.05, 4.69) is 13.1 Å².